The lowest BCUT2D eigenvalue weighted by atomic mass is 9.96. The predicted octanol–water partition coefficient (Wildman–Crippen LogP) is 3.52. The SMILES string of the molecule is CNC(=O)C1CN(Cc2ccc(OCc3ccc(C4COC4)c(Cl)c3)c(C)c2)C1. The van der Waals surface area contributed by atoms with Gasteiger partial charge < -0.3 is 14.8 Å². The molecule has 2 aromatic rings. The quantitative estimate of drug-likeness (QED) is 0.753. The highest BCUT2D eigenvalue weighted by Gasteiger charge is 2.31. The molecule has 4 rings (SSSR count). The zero-order chi connectivity index (χ0) is 20.4. The molecule has 0 spiro atoms. The van der Waals surface area contributed by atoms with Gasteiger partial charge in [-0.15, -0.1) is 0 Å². The van der Waals surface area contributed by atoms with Gasteiger partial charge in [0.1, 0.15) is 12.4 Å². The van der Waals surface area contributed by atoms with Crippen molar-refractivity contribution < 1.29 is 14.3 Å². The van der Waals surface area contributed by atoms with Crippen LogP contribution in [0.15, 0.2) is 36.4 Å². The number of rotatable bonds is 7. The monoisotopic (exact) mass is 414 g/mol. The molecule has 0 unspecified atom stereocenters. The summed E-state index contributed by atoms with van der Waals surface area (Å²) in [5, 5.41) is 3.51. The number of likely N-dealkylation sites (tertiary alicyclic amines) is 1. The number of ether oxygens (including phenoxy) is 2. The third kappa shape index (κ3) is 4.58. The molecule has 2 aliphatic heterocycles. The molecule has 154 valence electrons. The zero-order valence-electron chi connectivity index (χ0n) is 16.9. The van der Waals surface area contributed by atoms with Gasteiger partial charge in [0.15, 0.2) is 0 Å². The van der Waals surface area contributed by atoms with Gasteiger partial charge in [-0.2, -0.15) is 0 Å². The zero-order valence-corrected chi connectivity index (χ0v) is 17.7. The molecule has 1 amide bonds. The molecule has 2 saturated heterocycles. The molecule has 2 heterocycles. The number of carbonyl (C=O) groups is 1. The van der Waals surface area contributed by atoms with E-state index in [4.69, 9.17) is 21.1 Å². The summed E-state index contributed by atoms with van der Waals surface area (Å²) in [7, 11) is 1.69. The van der Waals surface area contributed by atoms with Crippen molar-refractivity contribution >= 4 is 17.5 Å². The number of benzene rings is 2. The minimum absolute atomic E-state index is 0.124. The first-order valence-corrected chi connectivity index (χ1v) is 10.4. The van der Waals surface area contributed by atoms with E-state index < -0.39 is 0 Å². The van der Waals surface area contributed by atoms with E-state index in [0.717, 1.165) is 60.3 Å². The van der Waals surface area contributed by atoms with Gasteiger partial charge in [-0.05, 0) is 41.3 Å². The second kappa shape index (κ2) is 8.74. The van der Waals surface area contributed by atoms with Gasteiger partial charge in [-0.1, -0.05) is 35.9 Å². The maximum atomic E-state index is 11.6. The van der Waals surface area contributed by atoms with Gasteiger partial charge in [0.05, 0.1) is 19.1 Å². The van der Waals surface area contributed by atoms with Crippen LogP contribution in [0.5, 0.6) is 5.75 Å². The Morgan fingerprint density at radius 3 is 2.59 bits per heavy atom. The van der Waals surface area contributed by atoms with Crippen LogP contribution in [0.25, 0.3) is 0 Å². The average Bonchev–Trinajstić information content (AvgIpc) is 2.63. The number of aryl methyl sites for hydroxylation is 1. The fourth-order valence-electron chi connectivity index (χ4n) is 3.87. The van der Waals surface area contributed by atoms with Crippen LogP contribution in [0.2, 0.25) is 5.02 Å². The smallest absolute Gasteiger partial charge is 0.225 e. The average molecular weight is 415 g/mol. The maximum absolute atomic E-state index is 11.6. The highest BCUT2D eigenvalue weighted by Crippen LogP contribution is 2.31. The van der Waals surface area contributed by atoms with Crippen molar-refractivity contribution in [3.05, 3.63) is 63.7 Å². The Balaban J connectivity index is 1.31. The van der Waals surface area contributed by atoms with Crippen molar-refractivity contribution in [1.82, 2.24) is 10.2 Å². The Morgan fingerprint density at radius 2 is 1.97 bits per heavy atom. The van der Waals surface area contributed by atoms with E-state index in [9.17, 15) is 4.79 Å². The summed E-state index contributed by atoms with van der Waals surface area (Å²) in [5.74, 6) is 1.56. The number of halogens is 1. The first-order valence-electron chi connectivity index (χ1n) is 10.1. The third-order valence-corrected chi connectivity index (χ3v) is 6.08. The van der Waals surface area contributed by atoms with Crippen LogP contribution in [0, 0.1) is 12.8 Å². The normalized spacial score (nSPS) is 17.5. The van der Waals surface area contributed by atoms with Crippen LogP contribution >= 0.6 is 11.6 Å². The number of nitrogens with one attached hydrogen (secondary N) is 1. The molecule has 1 N–H and O–H groups in total. The van der Waals surface area contributed by atoms with Gasteiger partial charge in [-0.25, -0.2) is 0 Å². The molecular formula is C23H27ClN2O3. The fourth-order valence-corrected chi connectivity index (χ4v) is 4.22. The summed E-state index contributed by atoms with van der Waals surface area (Å²) in [6.45, 7) is 6.56. The lowest BCUT2D eigenvalue weighted by Gasteiger charge is -2.38. The van der Waals surface area contributed by atoms with Crippen molar-refractivity contribution in [2.75, 3.05) is 33.4 Å². The first kappa shape index (κ1) is 20.2. The number of carbonyl (C=O) groups excluding carboxylic acids is 1. The van der Waals surface area contributed by atoms with E-state index in [1.807, 2.05) is 12.1 Å². The summed E-state index contributed by atoms with van der Waals surface area (Å²) in [5.41, 5.74) is 4.57. The van der Waals surface area contributed by atoms with Crippen molar-refractivity contribution in [1.29, 1.82) is 0 Å². The Labute approximate surface area is 176 Å². The highest BCUT2D eigenvalue weighted by atomic mass is 35.5. The molecule has 29 heavy (non-hydrogen) atoms. The van der Waals surface area contributed by atoms with E-state index in [1.54, 1.807) is 7.05 Å². The molecule has 0 aromatic heterocycles. The fraction of sp³-hybridized carbons (Fsp3) is 0.435. The molecule has 2 aromatic carbocycles. The highest BCUT2D eigenvalue weighted by molar-refractivity contribution is 6.31. The Kier molecular flexibility index (Phi) is 6.09. The Hall–Kier alpha value is -2.08. The first-order chi connectivity index (χ1) is 14.0. The van der Waals surface area contributed by atoms with Gasteiger partial charge in [-0.3, -0.25) is 9.69 Å². The van der Waals surface area contributed by atoms with Crippen molar-refractivity contribution in [3.8, 4) is 5.75 Å². The van der Waals surface area contributed by atoms with E-state index in [0.29, 0.717) is 12.5 Å². The molecule has 0 radical (unpaired) electrons. The topological polar surface area (TPSA) is 50.8 Å². The molecule has 0 saturated carbocycles. The molecule has 5 nitrogen and oxygen atoms in total. The molecule has 0 aliphatic carbocycles. The number of hydrogen-bond acceptors (Lipinski definition) is 4. The molecule has 2 aliphatic rings. The van der Waals surface area contributed by atoms with Crippen LogP contribution in [0.4, 0.5) is 0 Å². The van der Waals surface area contributed by atoms with Crippen LogP contribution in [-0.2, 0) is 22.7 Å². The van der Waals surface area contributed by atoms with Crippen LogP contribution < -0.4 is 10.1 Å². The van der Waals surface area contributed by atoms with Crippen molar-refractivity contribution in [2.24, 2.45) is 5.92 Å². The Bertz CT molecular complexity index is 892. The Morgan fingerprint density at radius 1 is 1.21 bits per heavy atom. The summed E-state index contributed by atoms with van der Waals surface area (Å²) in [6.07, 6.45) is 0. The molecule has 0 atom stereocenters. The van der Waals surface area contributed by atoms with Gasteiger partial charge >= 0.3 is 0 Å². The van der Waals surface area contributed by atoms with E-state index in [2.05, 4.69) is 41.4 Å². The van der Waals surface area contributed by atoms with Gasteiger partial charge in [0.25, 0.3) is 0 Å². The lowest BCUT2D eigenvalue weighted by Crippen LogP contribution is -2.52. The number of hydrogen-bond donors (Lipinski definition) is 1. The van der Waals surface area contributed by atoms with Crippen molar-refractivity contribution in [3.63, 3.8) is 0 Å². The van der Waals surface area contributed by atoms with E-state index in [1.165, 1.54) is 5.56 Å². The number of nitrogens with zero attached hydrogens (tertiary/aromatic N) is 1. The van der Waals surface area contributed by atoms with Gasteiger partial charge in [0, 0.05) is 37.6 Å². The molecule has 6 heteroatoms. The van der Waals surface area contributed by atoms with Crippen LogP contribution in [-0.4, -0.2) is 44.2 Å². The molecular weight excluding hydrogens is 388 g/mol. The summed E-state index contributed by atoms with van der Waals surface area (Å²) in [6, 6.07) is 12.4. The lowest BCUT2D eigenvalue weighted by molar-refractivity contribution is -0.129. The number of amides is 1. The standard InChI is InChI=1S/C23H27ClN2O3/c1-15-7-16(9-26-10-18(11-26)23(27)25-2)4-6-22(15)29-12-17-3-5-20(21(24)8-17)19-13-28-14-19/h3-8,18-19H,9-14H2,1-2H3,(H,25,27). The second-order valence-electron chi connectivity index (χ2n) is 7.98. The molecule has 2 fully saturated rings. The minimum Gasteiger partial charge on any atom is -0.489 e. The predicted molar refractivity (Wildman–Crippen MR) is 113 cm³/mol. The van der Waals surface area contributed by atoms with Crippen LogP contribution in [0.1, 0.15) is 28.2 Å². The van der Waals surface area contributed by atoms with Gasteiger partial charge in [0.2, 0.25) is 5.91 Å². The van der Waals surface area contributed by atoms with Crippen LogP contribution in [0.3, 0.4) is 0 Å². The van der Waals surface area contributed by atoms with E-state index in [-0.39, 0.29) is 11.8 Å². The largest absolute Gasteiger partial charge is 0.489 e. The summed E-state index contributed by atoms with van der Waals surface area (Å²) < 4.78 is 11.3. The third-order valence-electron chi connectivity index (χ3n) is 5.76. The molecule has 0 bridgehead atoms. The minimum atomic E-state index is 0.124. The second-order valence-corrected chi connectivity index (χ2v) is 8.39. The summed E-state index contributed by atoms with van der Waals surface area (Å²) in [4.78, 5) is 13.9. The van der Waals surface area contributed by atoms with E-state index >= 15 is 0 Å². The summed E-state index contributed by atoms with van der Waals surface area (Å²) >= 11 is 6.44. The van der Waals surface area contributed by atoms with Crippen molar-refractivity contribution in [2.45, 2.75) is 26.0 Å². The maximum Gasteiger partial charge on any atom is 0.225 e.